The Morgan fingerprint density at radius 2 is 2.20 bits per heavy atom. The molecule has 2 unspecified atom stereocenters. The number of carbonyl (C=O) groups is 1. The molecule has 110 valence electrons. The maximum atomic E-state index is 12.5. The van der Waals surface area contributed by atoms with Gasteiger partial charge in [0, 0.05) is 4.90 Å². The molecule has 1 fully saturated rings. The number of carbonyl (C=O) groups excluding carboxylic acids is 1. The molecule has 0 saturated carbocycles. The second kappa shape index (κ2) is 7.04. The highest BCUT2D eigenvalue weighted by Crippen LogP contribution is 2.32. The smallest absolute Gasteiger partial charge is 0.288 e. The summed E-state index contributed by atoms with van der Waals surface area (Å²) in [6.07, 6.45) is 2.06. The molecule has 1 aromatic rings. The van der Waals surface area contributed by atoms with E-state index in [4.69, 9.17) is 0 Å². The van der Waals surface area contributed by atoms with Crippen LogP contribution < -0.4 is 10.6 Å². The van der Waals surface area contributed by atoms with Crippen LogP contribution in [0.3, 0.4) is 0 Å². The lowest BCUT2D eigenvalue weighted by atomic mass is 9.92. The van der Waals surface area contributed by atoms with E-state index in [1.54, 1.807) is 24.3 Å². The largest absolute Gasteiger partial charge is 0.324 e. The van der Waals surface area contributed by atoms with E-state index in [1.165, 1.54) is 0 Å². The lowest BCUT2D eigenvalue weighted by molar-refractivity contribution is -0.119. The second-order valence-electron chi connectivity index (χ2n) is 4.92. The molecule has 3 nitrogen and oxygen atoms in total. The zero-order valence-corrected chi connectivity index (χ0v) is 12.1. The van der Waals surface area contributed by atoms with Gasteiger partial charge in [-0.15, -0.1) is 0 Å². The number of anilines is 1. The van der Waals surface area contributed by atoms with Crippen molar-refractivity contribution in [3.05, 3.63) is 24.3 Å². The highest BCUT2D eigenvalue weighted by Gasteiger charge is 2.27. The van der Waals surface area contributed by atoms with Gasteiger partial charge in [-0.1, -0.05) is 30.8 Å². The van der Waals surface area contributed by atoms with Crippen molar-refractivity contribution in [3.8, 4) is 0 Å². The predicted molar refractivity (Wildman–Crippen MR) is 77.1 cm³/mol. The summed E-state index contributed by atoms with van der Waals surface area (Å²) in [7, 11) is 0. The number of hydrogen-bond donors (Lipinski definition) is 2. The van der Waals surface area contributed by atoms with Crippen molar-refractivity contribution in [2.45, 2.75) is 36.5 Å². The lowest BCUT2D eigenvalue weighted by Gasteiger charge is -2.29. The average molecular weight is 300 g/mol. The van der Waals surface area contributed by atoms with Crippen molar-refractivity contribution in [1.82, 2.24) is 5.32 Å². The second-order valence-corrected chi connectivity index (χ2v) is 5.95. The Balaban J connectivity index is 2.07. The first-order chi connectivity index (χ1) is 9.58. The summed E-state index contributed by atoms with van der Waals surface area (Å²) in [5, 5.41) is 5.94. The molecule has 1 aromatic carbocycles. The minimum Gasteiger partial charge on any atom is -0.324 e. The van der Waals surface area contributed by atoms with Gasteiger partial charge in [0.05, 0.1) is 11.7 Å². The first-order valence-corrected chi connectivity index (χ1v) is 7.54. The van der Waals surface area contributed by atoms with Gasteiger partial charge in [-0.2, -0.15) is 8.78 Å². The number of alkyl halides is 2. The standard InChI is InChI=1S/C14H18F2N2OS/c1-9-5-4-8-17-12(9)13(19)18-10-6-2-3-7-11(10)20-14(15)16/h2-3,6-7,9,12,14,17H,4-5,8H2,1H3,(H,18,19). The van der Waals surface area contributed by atoms with Crippen molar-refractivity contribution < 1.29 is 13.6 Å². The molecule has 1 heterocycles. The number of rotatable bonds is 4. The van der Waals surface area contributed by atoms with Crippen LogP contribution in [0.2, 0.25) is 0 Å². The summed E-state index contributed by atoms with van der Waals surface area (Å²) in [4.78, 5) is 12.6. The SMILES string of the molecule is CC1CCCNC1C(=O)Nc1ccccc1SC(F)F. The quantitative estimate of drug-likeness (QED) is 0.838. The van der Waals surface area contributed by atoms with Crippen molar-refractivity contribution in [2.75, 3.05) is 11.9 Å². The number of amides is 1. The molecule has 6 heteroatoms. The molecule has 0 aliphatic carbocycles. The molecule has 2 rings (SSSR count). The van der Waals surface area contributed by atoms with E-state index in [-0.39, 0.29) is 17.9 Å². The molecule has 0 spiro atoms. The van der Waals surface area contributed by atoms with Crippen molar-refractivity contribution in [1.29, 1.82) is 0 Å². The van der Waals surface area contributed by atoms with E-state index in [0.717, 1.165) is 19.4 Å². The molecule has 0 aromatic heterocycles. The van der Waals surface area contributed by atoms with Crippen LogP contribution in [0.15, 0.2) is 29.2 Å². The van der Waals surface area contributed by atoms with Crippen LogP contribution in [0.25, 0.3) is 0 Å². The van der Waals surface area contributed by atoms with Crippen LogP contribution in [-0.4, -0.2) is 24.3 Å². The van der Waals surface area contributed by atoms with Gasteiger partial charge in [0.15, 0.2) is 0 Å². The van der Waals surface area contributed by atoms with Gasteiger partial charge in [-0.3, -0.25) is 4.79 Å². The number of thioether (sulfide) groups is 1. The molecular formula is C14H18F2N2OS. The van der Waals surface area contributed by atoms with E-state index in [1.807, 2.05) is 6.92 Å². The van der Waals surface area contributed by atoms with Gasteiger partial charge in [0.25, 0.3) is 5.76 Å². The van der Waals surface area contributed by atoms with Crippen LogP contribution in [0.5, 0.6) is 0 Å². The summed E-state index contributed by atoms with van der Waals surface area (Å²) in [6.45, 7) is 2.84. The van der Waals surface area contributed by atoms with E-state index in [0.29, 0.717) is 22.3 Å². The summed E-state index contributed by atoms with van der Waals surface area (Å²) in [5.74, 6) is -2.40. The molecule has 0 bridgehead atoms. The van der Waals surface area contributed by atoms with E-state index < -0.39 is 5.76 Å². The topological polar surface area (TPSA) is 41.1 Å². The molecule has 1 aliphatic rings. The van der Waals surface area contributed by atoms with E-state index >= 15 is 0 Å². The minimum atomic E-state index is -2.50. The Hall–Kier alpha value is -1.14. The maximum absolute atomic E-state index is 12.5. The van der Waals surface area contributed by atoms with Gasteiger partial charge >= 0.3 is 0 Å². The van der Waals surface area contributed by atoms with Gasteiger partial charge in [0.2, 0.25) is 5.91 Å². The number of halogens is 2. The third-order valence-electron chi connectivity index (χ3n) is 3.41. The molecule has 0 radical (unpaired) electrons. The molecule has 2 N–H and O–H groups in total. The fraction of sp³-hybridized carbons (Fsp3) is 0.500. The predicted octanol–water partition coefficient (Wildman–Crippen LogP) is 3.33. The monoisotopic (exact) mass is 300 g/mol. The third-order valence-corrected chi connectivity index (χ3v) is 4.20. The average Bonchev–Trinajstić information content (AvgIpc) is 2.41. The number of benzene rings is 1. The first kappa shape index (κ1) is 15.3. The zero-order valence-electron chi connectivity index (χ0n) is 11.2. The summed E-state index contributed by atoms with van der Waals surface area (Å²) in [5.41, 5.74) is 0.447. The van der Waals surface area contributed by atoms with Crippen molar-refractivity contribution in [2.24, 2.45) is 5.92 Å². The Labute approximate surface area is 121 Å². The summed E-state index contributed by atoms with van der Waals surface area (Å²) >= 11 is 0.446. The lowest BCUT2D eigenvalue weighted by Crippen LogP contribution is -2.48. The summed E-state index contributed by atoms with van der Waals surface area (Å²) in [6, 6.07) is 6.39. The highest BCUT2D eigenvalue weighted by molar-refractivity contribution is 7.99. The van der Waals surface area contributed by atoms with Crippen LogP contribution in [0.4, 0.5) is 14.5 Å². The molecular weight excluding hydrogens is 282 g/mol. The van der Waals surface area contributed by atoms with E-state index in [9.17, 15) is 13.6 Å². The molecule has 20 heavy (non-hydrogen) atoms. The Morgan fingerprint density at radius 1 is 1.45 bits per heavy atom. The van der Waals surface area contributed by atoms with Crippen LogP contribution in [-0.2, 0) is 4.79 Å². The van der Waals surface area contributed by atoms with E-state index in [2.05, 4.69) is 10.6 Å². The molecule has 1 aliphatic heterocycles. The fourth-order valence-electron chi connectivity index (χ4n) is 2.38. The van der Waals surface area contributed by atoms with Gasteiger partial charge in [-0.25, -0.2) is 0 Å². The van der Waals surface area contributed by atoms with Crippen LogP contribution >= 0.6 is 11.8 Å². The normalized spacial score (nSPS) is 22.8. The first-order valence-electron chi connectivity index (χ1n) is 6.66. The number of piperidine rings is 1. The van der Waals surface area contributed by atoms with Gasteiger partial charge in [0.1, 0.15) is 0 Å². The van der Waals surface area contributed by atoms with Crippen LogP contribution in [0, 0.1) is 5.92 Å². The fourth-order valence-corrected chi connectivity index (χ4v) is 2.97. The third kappa shape index (κ3) is 3.93. The van der Waals surface area contributed by atoms with Gasteiger partial charge < -0.3 is 10.6 Å². The Bertz CT molecular complexity index is 470. The molecule has 1 saturated heterocycles. The molecule has 1 amide bonds. The van der Waals surface area contributed by atoms with Gasteiger partial charge in [-0.05, 0) is 37.4 Å². The Kier molecular flexibility index (Phi) is 5.37. The summed E-state index contributed by atoms with van der Waals surface area (Å²) < 4.78 is 25.0. The van der Waals surface area contributed by atoms with Crippen molar-refractivity contribution >= 4 is 23.4 Å². The Morgan fingerprint density at radius 3 is 2.90 bits per heavy atom. The van der Waals surface area contributed by atoms with Crippen molar-refractivity contribution in [3.63, 3.8) is 0 Å². The number of hydrogen-bond acceptors (Lipinski definition) is 3. The number of para-hydroxylation sites is 1. The van der Waals surface area contributed by atoms with Crippen LogP contribution in [0.1, 0.15) is 19.8 Å². The zero-order chi connectivity index (χ0) is 14.5. The minimum absolute atomic E-state index is 0.153. The number of nitrogens with one attached hydrogen (secondary N) is 2. The highest BCUT2D eigenvalue weighted by atomic mass is 32.2. The maximum Gasteiger partial charge on any atom is 0.288 e. The molecule has 2 atom stereocenters.